The summed E-state index contributed by atoms with van der Waals surface area (Å²) in [4.78, 5) is 15.0. The number of benzene rings is 1. The molecular formula is C17H25NO2. The van der Waals surface area contributed by atoms with Gasteiger partial charge < -0.3 is 9.64 Å². The minimum Gasteiger partial charge on any atom is -0.497 e. The van der Waals surface area contributed by atoms with Crippen LogP contribution in [0.3, 0.4) is 0 Å². The summed E-state index contributed by atoms with van der Waals surface area (Å²) in [5, 5.41) is 0. The van der Waals surface area contributed by atoms with Crippen LogP contribution in [-0.4, -0.2) is 29.0 Å². The Morgan fingerprint density at radius 3 is 2.30 bits per heavy atom. The van der Waals surface area contributed by atoms with Crippen LogP contribution in [0.1, 0.15) is 57.3 Å². The van der Waals surface area contributed by atoms with E-state index in [4.69, 9.17) is 4.74 Å². The lowest BCUT2D eigenvalue weighted by Gasteiger charge is -2.53. The van der Waals surface area contributed by atoms with Gasteiger partial charge in [-0.05, 0) is 65.2 Å². The third-order valence-electron chi connectivity index (χ3n) is 4.31. The van der Waals surface area contributed by atoms with E-state index < -0.39 is 0 Å². The van der Waals surface area contributed by atoms with Crippen LogP contribution in [0.2, 0.25) is 0 Å². The summed E-state index contributed by atoms with van der Waals surface area (Å²) in [5.41, 5.74) is 0.483. The Kier molecular flexibility index (Phi) is 3.81. The Hall–Kier alpha value is -1.51. The SMILES string of the molecule is COc1cccc(C(=O)N2C(C)(C)CCCC2(C)C)c1. The standard InChI is InChI=1S/C17H25NO2/c1-16(2)10-7-11-17(3,4)18(16)15(19)13-8-6-9-14(12-13)20-5/h6,8-9,12H,7,10-11H2,1-5H3. The molecule has 0 aromatic heterocycles. The zero-order valence-corrected chi connectivity index (χ0v) is 13.2. The van der Waals surface area contributed by atoms with Gasteiger partial charge in [0.2, 0.25) is 0 Å². The fourth-order valence-electron chi connectivity index (χ4n) is 3.43. The number of piperidine rings is 1. The van der Waals surface area contributed by atoms with E-state index in [1.807, 2.05) is 24.3 Å². The summed E-state index contributed by atoms with van der Waals surface area (Å²) in [6, 6.07) is 7.42. The fraction of sp³-hybridized carbons (Fsp3) is 0.588. The molecule has 1 aliphatic rings. The molecule has 20 heavy (non-hydrogen) atoms. The maximum Gasteiger partial charge on any atom is 0.254 e. The van der Waals surface area contributed by atoms with E-state index in [0.29, 0.717) is 5.56 Å². The Bertz CT molecular complexity index is 489. The lowest BCUT2D eigenvalue weighted by molar-refractivity contribution is -0.0112. The maximum atomic E-state index is 13.0. The number of nitrogens with zero attached hydrogens (tertiary/aromatic N) is 1. The number of carbonyl (C=O) groups is 1. The minimum absolute atomic E-state index is 0.0959. The Balaban J connectivity index is 2.38. The predicted octanol–water partition coefficient (Wildman–Crippen LogP) is 3.88. The van der Waals surface area contributed by atoms with Crippen molar-refractivity contribution in [1.82, 2.24) is 4.90 Å². The summed E-state index contributed by atoms with van der Waals surface area (Å²) in [7, 11) is 1.62. The molecule has 0 radical (unpaired) electrons. The third kappa shape index (κ3) is 2.67. The van der Waals surface area contributed by atoms with Crippen LogP contribution in [0.4, 0.5) is 0 Å². The molecule has 0 spiro atoms. The van der Waals surface area contributed by atoms with Gasteiger partial charge in [-0.2, -0.15) is 0 Å². The minimum atomic E-state index is -0.109. The molecule has 0 unspecified atom stereocenters. The molecule has 0 bridgehead atoms. The number of ether oxygens (including phenoxy) is 1. The van der Waals surface area contributed by atoms with Gasteiger partial charge >= 0.3 is 0 Å². The van der Waals surface area contributed by atoms with Crippen molar-refractivity contribution in [3.63, 3.8) is 0 Å². The van der Waals surface area contributed by atoms with Crippen molar-refractivity contribution in [2.75, 3.05) is 7.11 Å². The molecule has 0 N–H and O–H groups in total. The second kappa shape index (κ2) is 5.12. The largest absolute Gasteiger partial charge is 0.497 e. The van der Waals surface area contributed by atoms with E-state index in [2.05, 4.69) is 32.6 Å². The predicted molar refractivity (Wildman–Crippen MR) is 81.2 cm³/mol. The van der Waals surface area contributed by atoms with Crippen molar-refractivity contribution < 1.29 is 9.53 Å². The van der Waals surface area contributed by atoms with Crippen molar-refractivity contribution in [1.29, 1.82) is 0 Å². The van der Waals surface area contributed by atoms with Gasteiger partial charge in [-0.25, -0.2) is 0 Å². The van der Waals surface area contributed by atoms with Gasteiger partial charge in [0.05, 0.1) is 7.11 Å². The molecule has 0 saturated carbocycles. The van der Waals surface area contributed by atoms with E-state index in [0.717, 1.165) is 18.6 Å². The van der Waals surface area contributed by atoms with Crippen LogP contribution >= 0.6 is 0 Å². The average molecular weight is 275 g/mol. The van der Waals surface area contributed by atoms with Gasteiger partial charge in [-0.3, -0.25) is 4.79 Å². The summed E-state index contributed by atoms with van der Waals surface area (Å²) in [5.74, 6) is 0.821. The zero-order valence-electron chi connectivity index (χ0n) is 13.2. The van der Waals surface area contributed by atoms with Crippen molar-refractivity contribution >= 4 is 5.91 Å². The molecule has 1 saturated heterocycles. The van der Waals surface area contributed by atoms with Crippen LogP contribution in [-0.2, 0) is 0 Å². The molecular weight excluding hydrogens is 250 g/mol. The number of methoxy groups -OCH3 is 1. The molecule has 1 aromatic rings. The highest BCUT2D eigenvalue weighted by Crippen LogP contribution is 2.39. The van der Waals surface area contributed by atoms with Crippen LogP contribution in [0.25, 0.3) is 0 Å². The molecule has 0 atom stereocenters. The smallest absolute Gasteiger partial charge is 0.254 e. The second-order valence-corrected chi connectivity index (χ2v) is 6.85. The molecule has 0 aliphatic carbocycles. The van der Waals surface area contributed by atoms with Gasteiger partial charge in [0.15, 0.2) is 0 Å². The molecule has 3 heteroatoms. The number of likely N-dealkylation sites (tertiary alicyclic amines) is 1. The van der Waals surface area contributed by atoms with Gasteiger partial charge in [0.25, 0.3) is 5.91 Å². The maximum absolute atomic E-state index is 13.0. The molecule has 1 aliphatic heterocycles. The average Bonchev–Trinajstić information content (AvgIpc) is 2.36. The van der Waals surface area contributed by atoms with Crippen molar-refractivity contribution in [2.45, 2.75) is 58.0 Å². The highest BCUT2D eigenvalue weighted by Gasteiger charge is 2.44. The first-order chi connectivity index (χ1) is 9.28. The Morgan fingerprint density at radius 2 is 1.75 bits per heavy atom. The van der Waals surface area contributed by atoms with E-state index >= 15 is 0 Å². The number of carbonyl (C=O) groups excluding carboxylic acids is 1. The van der Waals surface area contributed by atoms with Gasteiger partial charge in [0.1, 0.15) is 5.75 Å². The van der Waals surface area contributed by atoms with Crippen molar-refractivity contribution in [3.05, 3.63) is 29.8 Å². The quantitative estimate of drug-likeness (QED) is 0.819. The fourth-order valence-corrected chi connectivity index (χ4v) is 3.43. The van der Waals surface area contributed by atoms with Gasteiger partial charge in [-0.15, -0.1) is 0 Å². The number of rotatable bonds is 2. The van der Waals surface area contributed by atoms with Crippen LogP contribution in [0, 0.1) is 0 Å². The number of hydrogen-bond donors (Lipinski definition) is 0. The molecule has 1 amide bonds. The van der Waals surface area contributed by atoms with Gasteiger partial charge in [-0.1, -0.05) is 6.07 Å². The summed E-state index contributed by atoms with van der Waals surface area (Å²) in [6.07, 6.45) is 3.26. The molecule has 1 fully saturated rings. The number of hydrogen-bond acceptors (Lipinski definition) is 2. The van der Waals surface area contributed by atoms with E-state index in [-0.39, 0.29) is 17.0 Å². The summed E-state index contributed by atoms with van der Waals surface area (Å²) >= 11 is 0. The molecule has 110 valence electrons. The van der Waals surface area contributed by atoms with E-state index in [1.54, 1.807) is 7.11 Å². The Morgan fingerprint density at radius 1 is 1.15 bits per heavy atom. The first-order valence-corrected chi connectivity index (χ1v) is 7.27. The first kappa shape index (κ1) is 14.9. The van der Waals surface area contributed by atoms with Crippen LogP contribution in [0.5, 0.6) is 5.75 Å². The van der Waals surface area contributed by atoms with E-state index in [1.165, 1.54) is 6.42 Å². The summed E-state index contributed by atoms with van der Waals surface area (Å²) < 4.78 is 5.23. The lowest BCUT2D eigenvalue weighted by Crippen LogP contribution is -2.60. The topological polar surface area (TPSA) is 29.5 Å². The third-order valence-corrected chi connectivity index (χ3v) is 4.31. The highest BCUT2D eigenvalue weighted by molar-refractivity contribution is 5.95. The lowest BCUT2D eigenvalue weighted by atomic mass is 9.79. The van der Waals surface area contributed by atoms with Crippen molar-refractivity contribution in [3.8, 4) is 5.75 Å². The Labute approximate surface area is 121 Å². The number of amides is 1. The normalized spacial score (nSPS) is 20.6. The molecule has 1 heterocycles. The molecule has 1 aromatic carbocycles. The zero-order chi connectivity index (χ0) is 15.0. The van der Waals surface area contributed by atoms with Gasteiger partial charge in [0, 0.05) is 16.6 Å². The first-order valence-electron chi connectivity index (χ1n) is 7.27. The monoisotopic (exact) mass is 275 g/mol. The van der Waals surface area contributed by atoms with E-state index in [9.17, 15) is 4.79 Å². The summed E-state index contributed by atoms with van der Waals surface area (Å²) in [6.45, 7) is 8.63. The highest BCUT2D eigenvalue weighted by atomic mass is 16.5. The van der Waals surface area contributed by atoms with Crippen LogP contribution in [0.15, 0.2) is 24.3 Å². The van der Waals surface area contributed by atoms with Crippen LogP contribution < -0.4 is 4.74 Å². The second-order valence-electron chi connectivity index (χ2n) is 6.85. The molecule has 2 rings (SSSR count). The molecule has 3 nitrogen and oxygen atoms in total. The van der Waals surface area contributed by atoms with Crippen molar-refractivity contribution in [2.24, 2.45) is 0 Å².